The van der Waals surface area contributed by atoms with Crippen LogP contribution in [-0.2, 0) is 9.47 Å². The number of carbonyl (C=O) groups excluding carboxylic acids is 2. The number of aromatic nitrogens is 4. The first-order valence-electron chi connectivity index (χ1n) is 22.5. The Balaban J connectivity index is 0.000000154. The van der Waals surface area contributed by atoms with Crippen molar-refractivity contribution in [3.63, 3.8) is 0 Å². The molecule has 2 aliphatic heterocycles. The topological polar surface area (TPSA) is 123 Å². The molecule has 4 heterocycles. The largest absolute Gasteiger partial charge is 0.444 e. The molecule has 2 amide bonds. The minimum Gasteiger partial charge on any atom is -0.444 e. The third-order valence-corrected chi connectivity index (χ3v) is 13.6. The van der Waals surface area contributed by atoms with Crippen molar-refractivity contribution < 1.29 is 19.1 Å². The molecular weight excluding hydrogens is 992 g/mol. The van der Waals surface area contributed by atoms with Crippen LogP contribution in [0.2, 0.25) is 0 Å². The number of nitrogens with zero attached hydrogens (tertiary/aromatic N) is 6. The zero-order valence-corrected chi connectivity index (χ0v) is 42.6. The number of thiol groups is 1. The first-order valence-corrected chi connectivity index (χ1v) is 24.8. The van der Waals surface area contributed by atoms with Crippen LogP contribution in [-0.4, -0.2) is 106 Å². The van der Waals surface area contributed by atoms with Crippen molar-refractivity contribution >= 4 is 114 Å². The van der Waals surface area contributed by atoms with E-state index in [0.717, 1.165) is 67.3 Å². The van der Waals surface area contributed by atoms with E-state index in [1.807, 2.05) is 77.9 Å². The number of carbonyl (C=O) groups is 2. The molecule has 8 aromatic rings. The Kier molecular flexibility index (Phi) is 14.8. The fraction of sp³-hybridized carbons (Fsp3) is 0.308. The van der Waals surface area contributed by atoms with E-state index >= 15 is 0 Å². The maximum absolute atomic E-state index is 12.5. The summed E-state index contributed by atoms with van der Waals surface area (Å²) in [5.74, 6) is 0. The lowest BCUT2D eigenvalue weighted by molar-refractivity contribution is 0.0230. The zero-order chi connectivity index (χ0) is 47.3. The summed E-state index contributed by atoms with van der Waals surface area (Å²) in [6, 6.07) is 41.6. The van der Waals surface area contributed by atoms with E-state index in [9.17, 15) is 9.59 Å². The van der Waals surface area contributed by atoms with Gasteiger partial charge in [0.05, 0.1) is 21.8 Å². The third kappa shape index (κ3) is 11.7. The van der Waals surface area contributed by atoms with Gasteiger partial charge in [-0.1, -0.05) is 96.7 Å². The minimum atomic E-state index is -0.482. The van der Waals surface area contributed by atoms with Crippen LogP contribution in [0.4, 0.5) is 21.0 Å². The lowest BCUT2D eigenvalue weighted by Crippen LogP contribution is -2.50. The number of hydrogen-bond donors (Lipinski definition) is 3. The molecular formula is C52H57IN8O4S2. The van der Waals surface area contributed by atoms with E-state index < -0.39 is 11.2 Å². The van der Waals surface area contributed by atoms with Gasteiger partial charge in [-0.25, -0.2) is 9.59 Å². The molecule has 2 N–H and O–H groups in total. The van der Waals surface area contributed by atoms with E-state index in [1.54, 1.807) is 21.6 Å². The van der Waals surface area contributed by atoms with Gasteiger partial charge in [0.25, 0.3) is 0 Å². The van der Waals surface area contributed by atoms with Crippen LogP contribution in [0.15, 0.2) is 136 Å². The SMILES string of the molecule is CC(C)(C)OC(=O)N1CCN(c2cccc3[nH]nc(Sc4cccc5ccccc45)c23)CC1.CC(C)(C)OC(=O)N1CCN(c2cccc3n[nH]c(I)c23)CC1.Sc1cccc2ccccc12. The average molecular weight is 1050 g/mol. The summed E-state index contributed by atoms with van der Waals surface area (Å²) >= 11 is 8.32. The number of anilines is 2. The van der Waals surface area contributed by atoms with Crippen molar-refractivity contribution in [3.8, 4) is 0 Å². The average Bonchev–Trinajstić information content (AvgIpc) is 3.91. The molecule has 0 radical (unpaired) electrons. The van der Waals surface area contributed by atoms with Gasteiger partial charge in [-0.3, -0.25) is 10.2 Å². The second kappa shape index (κ2) is 20.7. The number of fused-ring (bicyclic) bond motifs is 4. The monoisotopic (exact) mass is 1050 g/mol. The highest BCUT2D eigenvalue weighted by Gasteiger charge is 2.29. The minimum absolute atomic E-state index is 0.228. The summed E-state index contributed by atoms with van der Waals surface area (Å²) in [6.07, 6.45) is -0.468. The molecule has 2 aromatic heterocycles. The summed E-state index contributed by atoms with van der Waals surface area (Å²) in [5.41, 5.74) is 3.38. The van der Waals surface area contributed by atoms with Crippen molar-refractivity contribution in [2.45, 2.75) is 67.6 Å². The Hall–Kier alpha value is -5.65. The molecule has 0 aliphatic carbocycles. The molecule has 2 fully saturated rings. The molecule has 0 atom stereocenters. The van der Waals surface area contributed by atoms with Gasteiger partial charge in [-0.15, -0.1) is 12.6 Å². The molecule has 6 aromatic carbocycles. The van der Waals surface area contributed by atoms with Crippen LogP contribution >= 0.6 is 47.0 Å². The number of piperazine rings is 2. The number of halogens is 1. The molecule has 10 rings (SSSR count). The van der Waals surface area contributed by atoms with Crippen LogP contribution in [0.5, 0.6) is 0 Å². The highest BCUT2D eigenvalue weighted by atomic mass is 127. The van der Waals surface area contributed by atoms with Gasteiger partial charge in [0, 0.05) is 73.5 Å². The van der Waals surface area contributed by atoms with Gasteiger partial charge in [-0.2, -0.15) is 10.2 Å². The van der Waals surface area contributed by atoms with Gasteiger partial charge in [0.15, 0.2) is 0 Å². The molecule has 15 heteroatoms. The first kappa shape index (κ1) is 47.8. The van der Waals surface area contributed by atoms with Gasteiger partial charge >= 0.3 is 12.2 Å². The summed E-state index contributed by atoms with van der Waals surface area (Å²) in [6.45, 7) is 17.1. The van der Waals surface area contributed by atoms with Gasteiger partial charge in [-0.05, 0) is 122 Å². The van der Waals surface area contributed by atoms with Crippen LogP contribution < -0.4 is 9.80 Å². The van der Waals surface area contributed by atoms with E-state index in [4.69, 9.17) is 9.47 Å². The van der Waals surface area contributed by atoms with Gasteiger partial charge in [0.1, 0.15) is 19.9 Å². The summed E-state index contributed by atoms with van der Waals surface area (Å²) in [7, 11) is 0. The molecule has 12 nitrogen and oxygen atoms in total. The van der Waals surface area contributed by atoms with E-state index in [0.29, 0.717) is 26.2 Å². The standard InChI is InChI=1S/C26H28N4O2S.C16H21IN4O2.C10H8S/c1-26(2,3)32-25(31)30-16-14-29(15-17-30)21-12-7-11-20-23(21)24(28-27-20)33-22-13-6-9-18-8-4-5-10-19(18)22;1-16(2,3)23-15(22)21-9-7-20(8-10-21)12-6-4-5-11-13(12)14(17)19-18-11;11-10-7-3-5-8-4-1-2-6-9(8)10/h4-13H,14-17H2,1-3H3,(H,27,28);4-6H,7-10H2,1-3H3,(H,18,19);1-7,11H. The lowest BCUT2D eigenvalue weighted by atomic mass is 10.1. The van der Waals surface area contributed by atoms with Crippen LogP contribution in [0, 0.1) is 3.70 Å². The van der Waals surface area contributed by atoms with Crippen molar-refractivity contribution in [3.05, 3.63) is 125 Å². The van der Waals surface area contributed by atoms with Crippen molar-refractivity contribution in [1.29, 1.82) is 0 Å². The quantitative estimate of drug-likeness (QED) is 0.117. The van der Waals surface area contributed by atoms with Gasteiger partial charge < -0.3 is 29.1 Å². The molecule has 0 bridgehead atoms. The molecule has 2 aliphatic rings. The number of benzene rings is 6. The predicted molar refractivity (Wildman–Crippen MR) is 284 cm³/mol. The Morgan fingerprint density at radius 2 is 1.07 bits per heavy atom. The predicted octanol–water partition coefficient (Wildman–Crippen LogP) is 12.3. The van der Waals surface area contributed by atoms with E-state index in [1.165, 1.54) is 32.1 Å². The molecule has 348 valence electrons. The van der Waals surface area contributed by atoms with Crippen molar-refractivity contribution in [1.82, 2.24) is 30.2 Å². The lowest BCUT2D eigenvalue weighted by Gasteiger charge is -2.37. The van der Waals surface area contributed by atoms with E-state index in [2.05, 4.69) is 150 Å². The Bertz CT molecular complexity index is 2990. The smallest absolute Gasteiger partial charge is 0.410 e. The maximum atomic E-state index is 12.5. The Morgan fingerprint density at radius 3 is 1.66 bits per heavy atom. The van der Waals surface area contributed by atoms with Crippen molar-refractivity contribution in [2.24, 2.45) is 0 Å². The molecule has 2 saturated heterocycles. The number of rotatable bonds is 4. The van der Waals surface area contributed by atoms with Gasteiger partial charge in [0.2, 0.25) is 0 Å². The summed E-state index contributed by atoms with van der Waals surface area (Å²) in [5, 5.41) is 23.4. The number of hydrogen-bond acceptors (Lipinski definition) is 10. The van der Waals surface area contributed by atoms with E-state index in [-0.39, 0.29) is 12.2 Å². The normalized spacial score (nSPS) is 14.4. The van der Waals surface area contributed by atoms with Crippen LogP contribution in [0.25, 0.3) is 43.4 Å². The molecule has 67 heavy (non-hydrogen) atoms. The number of H-pyrrole nitrogens is 2. The maximum Gasteiger partial charge on any atom is 0.410 e. The van der Waals surface area contributed by atoms with Crippen LogP contribution in [0.1, 0.15) is 41.5 Å². The fourth-order valence-corrected chi connectivity index (χ4v) is 10.2. The summed E-state index contributed by atoms with van der Waals surface area (Å²) < 4.78 is 12.0. The fourth-order valence-electron chi connectivity index (χ4n) is 8.15. The number of amides is 2. The Morgan fingerprint density at radius 1 is 0.582 bits per heavy atom. The molecule has 0 spiro atoms. The Labute approximate surface area is 415 Å². The highest BCUT2D eigenvalue weighted by molar-refractivity contribution is 14.1. The van der Waals surface area contributed by atoms with Crippen molar-refractivity contribution in [2.75, 3.05) is 62.2 Å². The number of nitrogens with one attached hydrogen (secondary N) is 2. The third-order valence-electron chi connectivity index (χ3n) is 11.3. The first-order chi connectivity index (χ1) is 32.1. The number of aromatic amines is 2. The van der Waals surface area contributed by atoms with Crippen LogP contribution in [0.3, 0.4) is 0 Å². The molecule has 0 saturated carbocycles. The second-order valence-electron chi connectivity index (χ2n) is 18.4. The zero-order valence-electron chi connectivity index (χ0n) is 38.8. The second-order valence-corrected chi connectivity index (χ2v) is 21.0. The number of ether oxygens (including phenoxy) is 2. The molecule has 0 unspecified atom stereocenters. The highest BCUT2D eigenvalue weighted by Crippen LogP contribution is 2.40. The summed E-state index contributed by atoms with van der Waals surface area (Å²) in [4.78, 5) is 35.1.